The zero-order chi connectivity index (χ0) is 15.1. The summed E-state index contributed by atoms with van der Waals surface area (Å²) in [6.45, 7) is 0. The summed E-state index contributed by atoms with van der Waals surface area (Å²) >= 11 is 0. The van der Waals surface area contributed by atoms with Crippen LogP contribution in [0.3, 0.4) is 0 Å². The minimum Gasteiger partial charge on any atom is -0.497 e. The third-order valence-corrected chi connectivity index (χ3v) is 3.45. The molecule has 2 heterocycles. The van der Waals surface area contributed by atoms with Gasteiger partial charge in [-0.2, -0.15) is 0 Å². The second kappa shape index (κ2) is 4.62. The standard InChI is InChI=1S/C14H14N4O3/c1-16-8-15-12-11(16)13(19)18(14(20)17(12)2)9-4-6-10(21-3)7-5-9/h4-8H,1-3H3. The fraction of sp³-hybridized carbons (Fsp3) is 0.214. The summed E-state index contributed by atoms with van der Waals surface area (Å²) in [6.07, 6.45) is 1.52. The van der Waals surface area contributed by atoms with Gasteiger partial charge in [0.25, 0.3) is 5.56 Å². The van der Waals surface area contributed by atoms with Gasteiger partial charge in [-0.05, 0) is 24.3 Å². The lowest BCUT2D eigenvalue weighted by molar-refractivity contribution is 0.414. The van der Waals surface area contributed by atoms with E-state index in [4.69, 9.17) is 4.74 Å². The summed E-state index contributed by atoms with van der Waals surface area (Å²) in [6, 6.07) is 6.75. The van der Waals surface area contributed by atoms with Crippen LogP contribution in [0.15, 0.2) is 40.2 Å². The molecule has 1 aromatic carbocycles. The highest BCUT2D eigenvalue weighted by atomic mass is 16.5. The van der Waals surface area contributed by atoms with E-state index in [-0.39, 0.29) is 0 Å². The molecule has 0 unspecified atom stereocenters. The number of methoxy groups -OCH3 is 1. The first-order valence-corrected chi connectivity index (χ1v) is 6.32. The van der Waals surface area contributed by atoms with Crippen LogP contribution in [-0.2, 0) is 14.1 Å². The zero-order valence-electron chi connectivity index (χ0n) is 11.9. The number of hydrogen-bond acceptors (Lipinski definition) is 4. The number of aryl methyl sites for hydroxylation is 2. The van der Waals surface area contributed by atoms with Crippen LogP contribution >= 0.6 is 0 Å². The molecular formula is C14H14N4O3. The number of ether oxygens (including phenoxy) is 1. The summed E-state index contributed by atoms with van der Waals surface area (Å²) in [4.78, 5) is 29.1. The molecule has 0 amide bonds. The third kappa shape index (κ3) is 1.85. The summed E-state index contributed by atoms with van der Waals surface area (Å²) in [5.74, 6) is 0.658. The highest BCUT2D eigenvalue weighted by Gasteiger charge is 2.15. The highest BCUT2D eigenvalue weighted by molar-refractivity contribution is 5.70. The molecule has 0 aliphatic rings. The first-order valence-electron chi connectivity index (χ1n) is 6.32. The van der Waals surface area contributed by atoms with Gasteiger partial charge in [0.15, 0.2) is 11.2 Å². The van der Waals surface area contributed by atoms with Crippen LogP contribution < -0.4 is 16.0 Å². The van der Waals surface area contributed by atoms with Gasteiger partial charge < -0.3 is 9.30 Å². The first-order chi connectivity index (χ1) is 10.0. The van der Waals surface area contributed by atoms with E-state index in [1.807, 2.05) is 0 Å². The van der Waals surface area contributed by atoms with Crippen molar-refractivity contribution in [3.8, 4) is 11.4 Å². The molecule has 3 rings (SSSR count). The zero-order valence-corrected chi connectivity index (χ0v) is 11.9. The van der Waals surface area contributed by atoms with Crippen LogP contribution in [0.1, 0.15) is 0 Å². The summed E-state index contributed by atoms with van der Waals surface area (Å²) < 4.78 is 9.18. The normalized spacial score (nSPS) is 11.0. The van der Waals surface area contributed by atoms with Crippen LogP contribution in [0.25, 0.3) is 16.9 Å². The first kappa shape index (κ1) is 13.2. The number of rotatable bonds is 2. The Morgan fingerprint density at radius 3 is 2.38 bits per heavy atom. The quantitative estimate of drug-likeness (QED) is 0.685. The average molecular weight is 286 g/mol. The van der Waals surface area contributed by atoms with E-state index in [2.05, 4.69) is 4.98 Å². The Labute approximate surface area is 119 Å². The van der Waals surface area contributed by atoms with E-state index in [9.17, 15) is 9.59 Å². The molecule has 0 N–H and O–H groups in total. The van der Waals surface area contributed by atoms with Crippen molar-refractivity contribution in [2.45, 2.75) is 0 Å². The van der Waals surface area contributed by atoms with Gasteiger partial charge >= 0.3 is 5.69 Å². The van der Waals surface area contributed by atoms with Crippen LogP contribution in [-0.4, -0.2) is 25.8 Å². The molecule has 0 atom stereocenters. The number of hydrogen-bond donors (Lipinski definition) is 0. The van der Waals surface area contributed by atoms with Crippen molar-refractivity contribution < 1.29 is 4.74 Å². The van der Waals surface area contributed by atoms with Crippen LogP contribution in [0.4, 0.5) is 0 Å². The lowest BCUT2D eigenvalue weighted by Crippen LogP contribution is -2.38. The number of aromatic nitrogens is 4. The van der Waals surface area contributed by atoms with E-state index in [1.165, 1.54) is 10.9 Å². The Morgan fingerprint density at radius 1 is 1.10 bits per heavy atom. The van der Waals surface area contributed by atoms with Crippen molar-refractivity contribution in [2.24, 2.45) is 14.1 Å². The SMILES string of the molecule is COc1ccc(-n2c(=O)c3c(ncn3C)n(C)c2=O)cc1. The Balaban J connectivity index is 2.39. The fourth-order valence-corrected chi connectivity index (χ4v) is 2.30. The van der Waals surface area contributed by atoms with Crippen molar-refractivity contribution in [1.29, 1.82) is 0 Å². The molecule has 0 fully saturated rings. The van der Waals surface area contributed by atoms with E-state index in [0.717, 1.165) is 4.57 Å². The second-order valence-corrected chi connectivity index (χ2v) is 4.71. The molecule has 21 heavy (non-hydrogen) atoms. The van der Waals surface area contributed by atoms with Gasteiger partial charge in [-0.3, -0.25) is 9.36 Å². The summed E-state index contributed by atoms with van der Waals surface area (Å²) in [5.41, 5.74) is 0.421. The second-order valence-electron chi connectivity index (χ2n) is 4.71. The molecular weight excluding hydrogens is 272 g/mol. The van der Waals surface area contributed by atoms with Crippen molar-refractivity contribution in [1.82, 2.24) is 18.7 Å². The predicted octanol–water partition coefficient (Wildman–Crippen LogP) is 0.431. The average Bonchev–Trinajstić information content (AvgIpc) is 2.88. The molecule has 108 valence electrons. The molecule has 0 radical (unpaired) electrons. The molecule has 0 spiro atoms. The predicted molar refractivity (Wildman–Crippen MR) is 78.1 cm³/mol. The van der Waals surface area contributed by atoms with Gasteiger partial charge in [0, 0.05) is 14.1 Å². The van der Waals surface area contributed by atoms with Gasteiger partial charge in [0.1, 0.15) is 5.75 Å². The highest BCUT2D eigenvalue weighted by Crippen LogP contribution is 2.13. The minimum atomic E-state index is -0.434. The summed E-state index contributed by atoms with van der Waals surface area (Å²) in [5, 5.41) is 0. The maximum absolute atomic E-state index is 12.6. The Morgan fingerprint density at radius 2 is 1.76 bits per heavy atom. The van der Waals surface area contributed by atoms with Gasteiger partial charge in [-0.25, -0.2) is 14.3 Å². The topological polar surface area (TPSA) is 71.1 Å². The van der Waals surface area contributed by atoms with Gasteiger partial charge in [0.2, 0.25) is 0 Å². The van der Waals surface area contributed by atoms with Crippen LogP contribution in [0.5, 0.6) is 5.75 Å². The molecule has 7 nitrogen and oxygen atoms in total. The fourth-order valence-electron chi connectivity index (χ4n) is 2.30. The maximum atomic E-state index is 12.6. The maximum Gasteiger partial charge on any atom is 0.337 e. The Kier molecular flexibility index (Phi) is 2.90. The lowest BCUT2D eigenvalue weighted by Gasteiger charge is -2.09. The molecule has 0 aliphatic carbocycles. The van der Waals surface area contributed by atoms with Gasteiger partial charge in [-0.1, -0.05) is 0 Å². The molecule has 0 saturated heterocycles. The molecule has 3 aromatic rings. The molecule has 0 saturated carbocycles. The monoisotopic (exact) mass is 286 g/mol. The van der Waals surface area contributed by atoms with Crippen molar-refractivity contribution in [3.05, 3.63) is 51.4 Å². The number of benzene rings is 1. The Hall–Kier alpha value is -2.83. The number of fused-ring (bicyclic) bond motifs is 1. The molecule has 7 heteroatoms. The van der Waals surface area contributed by atoms with Crippen molar-refractivity contribution in [2.75, 3.05) is 7.11 Å². The molecule has 2 aromatic heterocycles. The number of imidazole rings is 1. The van der Waals surface area contributed by atoms with Crippen molar-refractivity contribution >= 4 is 11.2 Å². The molecule has 0 aliphatic heterocycles. The molecule has 0 bridgehead atoms. The van der Waals surface area contributed by atoms with Crippen molar-refractivity contribution in [3.63, 3.8) is 0 Å². The van der Waals surface area contributed by atoms with E-state index < -0.39 is 11.2 Å². The largest absolute Gasteiger partial charge is 0.497 e. The van der Waals surface area contributed by atoms with Crippen LogP contribution in [0.2, 0.25) is 0 Å². The smallest absolute Gasteiger partial charge is 0.337 e. The van der Waals surface area contributed by atoms with Crippen LogP contribution in [0, 0.1) is 0 Å². The van der Waals surface area contributed by atoms with E-state index >= 15 is 0 Å². The van der Waals surface area contributed by atoms with E-state index in [1.54, 1.807) is 50.0 Å². The minimum absolute atomic E-state index is 0.372. The summed E-state index contributed by atoms with van der Waals surface area (Å²) in [7, 11) is 4.87. The Bertz CT molecular complexity index is 932. The lowest BCUT2D eigenvalue weighted by atomic mass is 10.3. The van der Waals surface area contributed by atoms with E-state index in [0.29, 0.717) is 22.6 Å². The third-order valence-electron chi connectivity index (χ3n) is 3.45. The van der Waals surface area contributed by atoms with Gasteiger partial charge in [0.05, 0.1) is 19.1 Å². The van der Waals surface area contributed by atoms with Gasteiger partial charge in [-0.15, -0.1) is 0 Å². The number of nitrogens with zero attached hydrogens (tertiary/aromatic N) is 4.